The van der Waals surface area contributed by atoms with Crippen LogP contribution in [0.1, 0.15) is 25.3 Å². The average Bonchev–Trinajstić information content (AvgIpc) is 3.28. The zero-order chi connectivity index (χ0) is 21.8. The molecule has 2 atom stereocenters. The van der Waals surface area contributed by atoms with E-state index in [1.807, 2.05) is 41.0 Å². The van der Waals surface area contributed by atoms with Crippen molar-refractivity contribution in [2.75, 3.05) is 32.8 Å². The molecule has 2 fully saturated rings. The molecule has 2 aliphatic heterocycles. The van der Waals surface area contributed by atoms with Crippen LogP contribution in [0, 0.1) is 11.7 Å². The molecule has 0 saturated carbocycles. The lowest BCUT2D eigenvalue weighted by Crippen LogP contribution is -2.42. The molecule has 2 aliphatic rings. The number of nitrogens with zero attached hydrogens (tertiary/aromatic N) is 2. The Kier molecular flexibility index (Phi) is 6.66. The summed E-state index contributed by atoms with van der Waals surface area (Å²) in [6, 6.07) is 14.4. The molecule has 0 spiro atoms. The fourth-order valence-electron chi connectivity index (χ4n) is 4.49. The molecule has 2 aromatic carbocycles. The Balaban J connectivity index is 1.54. The van der Waals surface area contributed by atoms with Crippen molar-refractivity contribution in [2.24, 2.45) is 5.92 Å². The molecule has 2 unspecified atom stereocenters. The SMILES string of the molecule is CCN1CCN(C(=O)C2CCCO2)CC(Cc2cccc(-c3ccc(F)cc3)c2)C1=O. The molecule has 164 valence electrons. The molecular formula is C25H29FN2O3. The highest BCUT2D eigenvalue weighted by atomic mass is 19.1. The van der Waals surface area contributed by atoms with E-state index in [2.05, 4.69) is 0 Å². The van der Waals surface area contributed by atoms with Crippen LogP contribution in [-0.2, 0) is 20.7 Å². The van der Waals surface area contributed by atoms with Crippen LogP contribution in [0.25, 0.3) is 11.1 Å². The minimum absolute atomic E-state index is 0.00770. The summed E-state index contributed by atoms with van der Waals surface area (Å²) in [4.78, 5) is 29.8. The van der Waals surface area contributed by atoms with Gasteiger partial charge in [0.15, 0.2) is 0 Å². The number of halogens is 1. The first-order valence-electron chi connectivity index (χ1n) is 11.1. The Hall–Kier alpha value is -2.73. The summed E-state index contributed by atoms with van der Waals surface area (Å²) in [5.41, 5.74) is 2.95. The van der Waals surface area contributed by atoms with E-state index in [-0.39, 0.29) is 29.7 Å². The van der Waals surface area contributed by atoms with Gasteiger partial charge in [0.25, 0.3) is 5.91 Å². The van der Waals surface area contributed by atoms with Crippen LogP contribution >= 0.6 is 0 Å². The first-order valence-corrected chi connectivity index (χ1v) is 11.1. The molecule has 4 rings (SSSR count). The lowest BCUT2D eigenvalue weighted by molar-refractivity contribution is -0.141. The van der Waals surface area contributed by atoms with Gasteiger partial charge in [-0.25, -0.2) is 4.39 Å². The fraction of sp³-hybridized carbons (Fsp3) is 0.440. The van der Waals surface area contributed by atoms with E-state index >= 15 is 0 Å². The van der Waals surface area contributed by atoms with Crippen molar-refractivity contribution in [1.29, 1.82) is 0 Å². The number of hydrogen-bond donors (Lipinski definition) is 0. The van der Waals surface area contributed by atoms with Crippen molar-refractivity contribution in [3.05, 3.63) is 59.9 Å². The van der Waals surface area contributed by atoms with Gasteiger partial charge in [-0.05, 0) is 55.0 Å². The number of amides is 2. The number of likely N-dealkylation sites (N-methyl/N-ethyl adjacent to an activating group) is 1. The van der Waals surface area contributed by atoms with Gasteiger partial charge in [0, 0.05) is 32.8 Å². The number of ether oxygens (including phenoxy) is 1. The molecule has 0 radical (unpaired) electrons. The molecule has 2 heterocycles. The van der Waals surface area contributed by atoms with E-state index in [0.29, 0.717) is 39.2 Å². The molecule has 2 aromatic rings. The molecular weight excluding hydrogens is 395 g/mol. The van der Waals surface area contributed by atoms with Gasteiger partial charge in [-0.15, -0.1) is 0 Å². The van der Waals surface area contributed by atoms with E-state index < -0.39 is 0 Å². The van der Waals surface area contributed by atoms with Gasteiger partial charge < -0.3 is 14.5 Å². The molecule has 6 heteroatoms. The van der Waals surface area contributed by atoms with E-state index in [1.165, 1.54) is 12.1 Å². The van der Waals surface area contributed by atoms with Crippen LogP contribution in [0.3, 0.4) is 0 Å². The topological polar surface area (TPSA) is 49.9 Å². The summed E-state index contributed by atoms with van der Waals surface area (Å²) < 4.78 is 18.9. The van der Waals surface area contributed by atoms with Gasteiger partial charge in [0.05, 0.1) is 5.92 Å². The van der Waals surface area contributed by atoms with Gasteiger partial charge in [-0.3, -0.25) is 9.59 Å². The number of carbonyl (C=O) groups excluding carboxylic acids is 2. The van der Waals surface area contributed by atoms with Crippen molar-refractivity contribution < 1.29 is 18.7 Å². The monoisotopic (exact) mass is 424 g/mol. The number of carbonyl (C=O) groups is 2. The summed E-state index contributed by atoms with van der Waals surface area (Å²) >= 11 is 0. The lowest BCUT2D eigenvalue weighted by Gasteiger charge is -2.25. The van der Waals surface area contributed by atoms with Gasteiger partial charge in [-0.1, -0.05) is 36.4 Å². The maximum atomic E-state index is 13.3. The van der Waals surface area contributed by atoms with Crippen LogP contribution in [0.5, 0.6) is 0 Å². The summed E-state index contributed by atoms with van der Waals surface area (Å²) in [6.07, 6.45) is 1.85. The van der Waals surface area contributed by atoms with Gasteiger partial charge in [0.1, 0.15) is 11.9 Å². The third kappa shape index (κ3) is 4.96. The summed E-state index contributed by atoms with van der Waals surface area (Å²) in [5, 5.41) is 0. The number of hydrogen-bond acceptors (Lipinski definition) is 3. The minimum atomic E-state index is -0.370. The highest BCUT2D eigenvalue weighted by Gasteiger charge is 2.35. The van der Waals surface area contributed by atoms with Crippen LogP contribution in [0.15, 0.2) is 48.5 Å². The maximum absolute atomic E-state index is 13.3. The normalized spacial score (nSPS) is 21.9. The molecule has 5 nitrogen and oxygen atoms in total. The standard InChI is InChI=1S/C25H29FN2O3/c1-2-27-12-13-28(25(30)23-7-4-14-31-23)17-21(24(27)29)16-18-5-3-6-20(15-18)19-8-10-22(26)11-9-19/h3,5-6,8-11,15,21,23H,2,4,7,12-14,16-17H2,1H3. The summed E-state index contributed by atoms with van der Waals surface area (Å²) in [5.74, 6) is -0.457. The lowest BCUT2D eigenvalue weighted by atomic mass is 9.94. The van der Waals surface area contributed by atoms with Crippen molar-refractivity contribution in [3.8, 4) is 11.1 Å². The quantitative estimate of drug-likeness (QED) is 0.738. The minimum Gasteiger partial charge on any atom is -0.368 e. The van der Waals surface area contributed by atoms with E-state index in [9.17, 15) is 14.0 Å². The highest BCUT2D eigenvalue weighted by molar-refractivity contribution is 5.84. The van der Waals surface area contributed by atoms with E-state index in [0.717, 1.165) is 29.5 Å². The second kappa shape index (κ2) is 9.60. The second-order valence-corrected chi connectivity index (χ2v) is 8.31. The van der Waals surface area contributed by atoms with Crippen LogP contribution in [-0.4, -0.2) is 60.5 Å². The second-order valence-electron chi connectivity index (χ2n) is 8.31. The van der Waals surface area contributed by atoms with Crippen LogP contribution in [0.2, 0.25) is 0 Å². The van der Waals surface area contributed by atoms with Crippen molar-refractivity contribution in [3.63, 3.8) is 0 Å². The first-order chi connectivity index (χ1) is 15.0. The van der Waals surface area contributed by atoms with Crippen molar-refractivity contribution >= 4 is 11.8 Å². The molecule has 2 amide bonds. The third-order valence-corrected chi connectivity index (χ3v) is 6.23. The van der Waals surface area contributed by atoms with Crippen LogP contribution in [0.4, 0.5) is 4.39 Å². The Morgan fingerprint density at radius 2 is 1.94 bits per heavy atom. The predicted molar refractivity (Wildman–Crippen MR) is 117 cm³/mol. The highest BCUT2D eigenvalue weighted by Crippen LogP contribution is 2.24. The largest absolute Gasteiger partial charge is 0.368 e. The maximum Gasteiger partial charge on any atom is 0.251 e. The molecule has 0 bridgehead atoms. The van der Waals surface area contributed by atoms with Gasteiger partial charge in [-0.2, -0.15) is 0 Å². The number of rotatable bonds is 5. The summed E-state index contributed by atoms with van der Waals surface area (Å²) in [7, 11) is 0. The van der Waals surface area contributed by atoms with E-state index in [4.69, 9.17) is 4.74 Å². The van der Waals surface area contributed by atoms with Crippen molar-refractivity contribution in [1.82, 2.24) is 9.80 Å². The predicted octanol–water partition coefficient (Wildman–Crippen LogP) is 3.52. The molecule has 0 aliphatic carbocycles. The van der Waals surface area contributed by atoms with E-state index in [1.54, 1.807) is 12.1 Å². The number of benzene rings is 2. The Morgan fingerprint density at radius 1 is 1.13 bits per heavy atom. The fourth-order valence-corrected chi connectivity index (χ4v) is 4.49. The molecule has 0 aromatic heterocycles. The van der Waals surface area contributed by atoms with Crippen molar-refractivity contribution in [2.45, 2.75) is 32.3 Å². The van der Waals surface area contributed by atoms with Gasteiger partial charge >= 0.3 is 0 Å². The Labute approximate surface area is 182 Å². The zero-order valence-electron chi connectivity index (χ0n) is 17.9. The average molecular weight is 425 g/mol. The Bertz CT molecular complexity index is 925. The zero-order valence-corrected chi connectivity index (χ0v) is 17.9. The smallest absolute Gasteiger partial charge is 0.251 e. The first kappa shape index (κ1) is 21.5. The van der Waals surface area contributed by atoms with Crippen LogP contribution < -0.4 is 0 Å². The third-order valence-electron chi connectivity index (χ3n) is 6.23. The van der Waals surface area contributed by atoms with Gasteiger partial charge in [0.2, 0.25) is 5.91 Å². The summed E-state index contributed by atoms with van der Waals surface area (Å²) in [6.45, 7) is 4.75. The molecule has 0 N–H and O–H groups in total. The molecule has 2 saturated heterocycles. The molecule has 31 heavy (non-hydrogen) atoms. The Morgan fingerprint density at radius 3 is 2.65 bits per heavy atom.